The molecule has 0 amide bonds. The Hall–Kier alpha value is -2.76. The molecule has 0 bridgehead atoms. The maximum absolute atomic E-state index is 12.0. The first kappa shape index (κ1) is 21.0. The van der Waals surface area contributed by atoms with Crippen molar-refractivity contribution in [1.29, 1.82) is 0 Å². The molecule has 1 aromatic heterocycles. The molecule has 6 nitrogen and oxygen atoms in total. The van der Waals surface area contributed by atoms with Crippen molar-refractivity contribution in [1.82, 2.24) is 10.2 Å². The summed E-state index contributed by atoms with van der Waals surface area (Å²) in [5.41, 5.74) is 1.30. The van der Waals surface area contributed by atoms with Crippen molar-refractivity contribution in [3.63, 3.8) is 0 Å². The van der Waals surface area contributed by atoms with Gasteiger partial charge in [0.05, 0.1) is 18.8 Å². The number of piperidine rings is 1. The second kappa shape index (κ2) is 11.3. The van der Waals surface area contributed by atoms with E-state index in [2.05, 4.69) is 34.5 Å². The van der Waals surface area contributed by atoms with Crippen LogP contribution >= 0.6 is 0 Å². The van der Waals surface area contributed by atoms with Gasteiger partial charge in [-0.15, -0.1) is 0 Å². The number of rotatable bonds is 8. The number of hydrogen-bond donors (Lipinski definition) is 1. The molecule has 1 aliphatic rings. The Balaban J connectivity index is 1.55. The summed E-state index contributed by atoms with van der Waals surface area (Å²) in [4.78, 5) is 19.1. The Morgan fingerprint density at radius 2 is 1.97 bits per heavy atom. The van der Waals surface area contributed by atoms with Crippen molar-refractivity contribution in [2.24, 2.45) is 10.9 Å². The zero-order valence-corrected chi connectivity index (χ0v) is 17.2. The van der Waals surface area contributed by atoms with E-state index in [1.54, 1.807) is 6.26 Å². The van der Waals surface area contributed by atoms with Crippen LogP contribution in [0.4, 0.5) is 0 Å². The molecule has 1 aromatic carbocycles. The Labute approximate surface area is 173 Å². The molecular weight excluding hydrogens is 366 g/mol. The number of nitrogens with one attached hydrogen (secondary N) is 1. The van der Waals surface area contributed by atoms with Crippen molar-refractivity contribution in [2.75, 3.05) is 32.8 Å². The normalized spacial score (nSPS) is 15.3. The van der Waals surface area contributed by atoms with Crippen LogP contribution in [-0.4, -0.2) is 49.6 Å². The standard InChI is InChI=1S/C23H31N3O3/c1-2-28-22(27)20-12-16-26(17-13-20)23(25-15-11-21-9-6-18-29-21)24-14-10-19-7-4-3-5-8-19/h3-9,18,20H,2,10-17H2,1H3,(H,24,25). The van der Waals surface area contributed by atoms with Crippen LogP contribution in [0.15, 0.2) is 58.1 Å². The van der Waals surface area contributed by atoms with Crippen LogP contribution in [0.2, 0.25) is 0 Å². The largest absolute Gasteiger partial charge is 0.469 e. The number of benzene rings is 1. The van der Waals surface area contributed by atoms with Crippen molar-refractivity contribution in [3.8, 4) is 0 Å². The van der Waals surface area contributed by atoms with Gasteiger partial charge >= 0.3 is 5.97 Å². The quantitative estimate of drug-likeness (QED) is 0.421. The molecule has 1 aliphatic heterocycles. The van der Waals surface area contributed by atoms with Crippen LogP contribution in [0.25, 0.3) is 0 Å². The highest BCUT2D eigenvalue weighted by Gasteiger charge is 2.27. The summed E-state index contributed by atoms with van der Waals surface area (Å²) in [5.74, 6) is 1.79. The van der Waals surface area contributed by atoms with Gasteiger partial charge in [-0.05, 0) is 43.9 Å². The fourth-order valence-corrected chi connectivity index (χ4v) is 3.54. The molecule has 3 rings (SSSR count). The number of hydrogen-bond acceptors (Lipinski definition) is 4. The monoisotopic (exact) mass is 397 g/mol. The first-order valence-electron chi connectivity index (χ1n) is 10.5. The number of carbonyl (C=O) groups is 1. The average Bonchev–Trinajstić information content (AvgIpc) is 3.27. The van der Waals surface area contributed by atoms with Gasteiger partial charge in [0.2, 0.25) is 0 Å². The molecule has 6 heteroatoms. The van der Waals surface area contributed by atoms with E-state index in [0.29, 0.717) is 13.2 Å². The number of carbonyl (C=O) groups excluding carboxylic acids is 1. The lowest BCUT2D eigenvalue weighted by molar-refractivity contribution is -0.149. The molecule has 2 heterocycles. The highest BCUT2D eigenvalue weighted by molar-refractivity contribution is 5.80. The molecule has 0 unspecified atom stereocenters. The van der Waals surface area contributed by atoms with Gasteiger partial charge in [-0.1, -0.05) is 30.3 Å². The predicted molar refractivity (Wildman–Crippen MR) is 114 cm³/mol. The van der Waals surface area contributed by atoms with E-state index in [1.807, 2.05) is 25.1 Å². The third-order valence-corrected chi connectivity index (χ3v) is 5.15. The minimum absolute atomic E-state index is 0.000104. The van der Waals surface area contributed by atoms with E-state index < -0.39 is 0 Å². The van der Waals surface area contributed by atoms with E-state index in [0.717, 1.165) is 57.0 Å². The minimum Gasteiger partial charge on any atom is -0.469 e. The SMILES string of the molecule is CCOC(=O)C1CCN(C(=NCCc2ccco2)NCCc2ccccc2)CC1. The second-order valence-corrected chi connectivity index (χ2v) is 7.21. The van der Waals surface area contributed by atoms with E-state index in [4.69, 9.17) is 14.1 Å². The summed E-state index contributed by atoms with van der Waals surface area (Å²) in [7, 11) is 0. The topological polar surface area (TPSA) is 67.1 Å². The highest BCUT2D eigenvalue weighted by Crippen LogP contribution is 2.19. The van der Waals surface area contributed by atoms with Gasteiger partial charge in [0.25, 0.3) is 0 Å². The van der Waals surface area contributed by atoms with Crippen LogP contribution in [0.5, 0.6) is 0 Å². The smallest absolute Gasteiger partial charge is 0.309 e. The molecule has 0 spiro atoms. The van der Waals surface area contributed by atoms with Gasteiger partial charge in [0.15, 0.2) is 5.96 Å². The zero-order valence-electron chi connectivity index (χ0n) is 17.2. The Morgan fingerprint density at radius 3 is 2.66 bits per heavy atom. The van der Waals surface area contributed by atoms with Crippen LogP contribution in [0.3, 0.4) is 0 Å². The Bertz CT molecular complexity index is 751. The highest BCUT2D eigenvalue weighted by atomic mass is 16.5. The fourth-order valence-electron chi connectivity index (χ4n) is 3.54. The van der Waals surface area contributed by atoms with E-state index in [-0.39, 0.29) is 11.9 Å². The van der Waals surface area contributed by atoms with E-state index >= 15 is 0 Å². The Kier molecular flexibility index (Phi) is 8.16. The fraction of sp³-hybridized carbons (Fsp3) is 0.478. The zero-order chi connectivity index (χ0) is 20.3. The lowest BCUT2D eigenvalue weighted by atomic mass is 9.97. The van der Waals surface area contributed by atoms with Gasteiger partial charge in [-0.2, -0.15) is 0 Å². The summed E-state index contributed by atoms with van der Waals surface area (Å²) < 4.78 is 10.6. The molecule has 2 aromatic rings. The summed E-state index contributed by atoms with van der Waals surface area (Å²) in [6, 6.07) is 14.3. The second-order valence-electron chi connectivity index (χ2n) is 7.21. The number of nitrogens with zero attached hydrogens (tertiary/aromatic N) is 2. The lowest BCUT2D eigenvalue weighted by Crippen LogP contribution is -2.47. The average molecular weight is 398 g/mol. The van der Waals surface area contributed by atoms with E-state index in [9.17, 15) is 4.79 Å². The van der Waals surface area contributed by atoms with Crippen molar-refractivity contribution >= 4 is 11.9 Å². The van der Waals surface area contributed by atoms with Gasteiger partial charge < -0.3 is 19.4 Å². The van der Waals surface area contributed by atoms with Crippen molar-refractivity contribution < 1.29 is 13.9 Å². The molecule has 1 fully saturated rings. The van der Waals surface area contributed by atoms with E-state index in [1.165, 1.54) is 5.56 Å². The summed E-state index contributed by atoms with van der Waals surface area (Å²) >= 11 is 0. The van der Waals surface area contributed by atoms with Gasteiger partial charge in [0.1, 0.15) is 5.76 Å². The molecule has 0 saturated carbocycles. The van der Waals surface area contributed by atoms with Crippen molar-refractivity contribution in [3.05, 3.63) is 60.1 Å². The number of esters is 1. The number of aliphatic imine (C=N–C) groups is 1. The number of likely N-dealkylation sites (tertiary alicyclic amines) is 1. The first-order chi connectivity index (χ1) is 14.3. The molecule has 156 valence electrons. The molecule has 29 heavy (non-hydrogen) atoms. The molecule has 0 radical (unpaired) electrons. The summed E-state index contributed by atoms with van der Waals surface area (Å²) in [6.45, 7) is 5.40. The molecule has 0 aliphatic carbocycles. The van der Waals surface area contributed by atoms with Crippen molar-refractivity contribution in [2.45, 2.75) is 32.6 Å². The molecular formula is C23H31N3O3. The van der Waals surface area contributed by atoms with Gasteiger partial charge in [0, 0.05) is 32.6 Å². The predicted octanol–water partition coefficient (Wildman–Crippen LogP) is 3.29. The number of ether oxygens (including phenoxy) is 1. The first-order valence-corrected chi connectivity index (χ1v) is 10.5. The summed E-state index contributed by atoms with van der Waals surface area (Å²) in [5, 5.41) is 3.52. The maximum atomic E-state index is 12.0. The van der Waals surface area contributed by atoms with Gasteiger partial charge in [-0.3, -0.25) is 9.79 Å². The van der Waals surface area contributed by atoms with Gasteiger partial charge in [-0.25, -0.2) is 0 Å². The maximum Gasteiger partial charge on any atom is 0.309 e. The molecule has 1 saturated heterocycles. The minimum atomic E-state index is -0.0690. The van der Waals surface area contributed by atoms with Crippen LogP contribution in [0, 0.1) is 5.92 Å². The molecule has 1 N–H and O–H groups in total. The Morgan fingerprint density at radius 1 is 1.17 bits per heavy atom. The third kappa shape index (κ3) is 6.66. The third-order valence-electron chi connectivity index (χ3n) is 5.15. The van der Waals surface area contributed by atoms with Crippen LogP contribution < -0.4 is 5.32 Å². The van der Waals surface area contributed by atoms with Crippen LogP contribution in [-0.2, 0) is 22.4 Å². The summed E-state index contributed by atoms with van der Waals surface area (Å²) in [6.07, 6.45) is 5.01. The molecule has 0 atom stereocenters. The van der Waals surface area contributed by atoms with Crippen LogP contribution in [0.1, 0.15) is 31.1 Å². The number of guanidine groups is 1. The lowest BCUT2D eigenvalue weighted by Gasteiger charge is -2.33. The number of furan rings is 1.